The quantitative estimate of drug-likeness (QED) is 0.709. The predicted molar refractivity (Wildman–Crippen MR) is 80.3 cm³/mol. The number of nitrogens with one attached hydrogen (secondary N) is 3. The summed E-state index contributed by atoms with van der Waals surface area (Å²) >= 11 is 0. The van der Waals surface area contributed by atoms with E-state index in [1.54, 1.807) is 0 Å². The van der Waals surface area contributed by atoms with Crippen molar-refractivity contribution in [3.63, 3.8) is 0 Å². The molecule has 5 nitrogen and oxygen atoms in total. The predicted octanol–water partition coefficient (Wildman–Crippen LogP) is 1.65. The van der Waals surface area contributed by atoms with Crippen LogP contribution < -0.4 is 16.0 Å². The van der Waals surface area contributed by atoms with Gasteiger partial charge in [-0.05, 0) is 17.7 Å². The molecule has 0 saturated heterocycles. The summed E-state index contributed by atoms with van der Waals surface area (Å²) in [4.78, 5) is 22.5. The molecule has 1 aromatic carbocycles. The fraction of sp³-hybridized carbons (Fsp3) is 0.467. The van der Waals surface area contributed by atoms with E-state index >= 15 is 0 Å². The van der Waals surface area contributed by atoms with Gasteiger partial charge in [0.05, 0.1) is 0 Å². The number of anilines is 1. The van der Waals surface area contributed by atoms with Crippen LogP contribution in [0, 0.1) is 0 Å². The normalized spacial score (nSPS) is 10.4. The van der Waals surface area contributed by atoms with Crippen LogP contribution in [0.1, 0.15) is 32.8 Å². The highest BCUT2D eigenvalue weighted by Gasteiger charge is 2.02. The standard InChI is InChI=1S/C15H23N3O2/c1-11(2)16-9-8-15(20)17-10-13-4-6-14(7-5-13)18-12(3)19/h4-7,11,16H,8-10H2,1-3H3,(H,17,20)(H,18,19). The molecule has 0 saturated carbocycles. The Bertz CT molecular complexity index is 441. The molecule has 0 fully saturated rings. The van der Waals surface area contributed by atoms with E-state index in [1.165, 1.54) is 6.92 Å². The number of carbonyl (C=O) groups is 2. The SMILES string of the molecule is CC(=O)Nc1ccc(CNC(=O)CCNC(C)C)cc1. The van der Waals surface area contributed by atoms with Gasteiger partial charge < -0.3 is 16.0 Å². The van der Waals surface area contributed by atoms with Crippen LogP contribution >= 0.6 is 0 Å². The van der Waals surface area contributed by atoms with Crippen molar-refractivity contribution >= 4 is 17.5 Å². The molecule has 1 rings (SSSR count). The molecule has 0 aliphatic heterocycles. The molecule has 0 aliphatic rings. The summed E-state index contributed by atoms with van der Waals surface area (Å²) in [5.74, 6) is -0.0622. The van der Waals surface area contributed by atoms with E-state index in [-0.39, 0.29) is 11.8 Å². The Labute approximate surface area is 120 Å². The molecule has 0 unspecified atom stereocenters. The number of amides is 2. The number of hydrogen-bond donors (Lipinski definition) is 3. The molecule has 0 heterocycles. The molecule has 110 valence electrons. The van der Waals surface area contributed by atoms with Crippen molar-refractivity contribution in [2.45, 2.75) is 39.8 Å². The van der Waals surface area contributed by atoms with E-state index in [0.29, 0.717) is 25.6 Å². The third-order valence-electron chi connectivity index (χ3n) is 2.67. The third-order valence-corrected chi connectivity index (χ3v) is 2.67. The first-order valence-corrected chi connectivity index (χ1v) is 6.84. The van der Waals surface area contributed by atoms with Crippen LogP contribution in [0.15, 0.2) is 24.3 Å². The fourth-order valence-electron chi connectivity index (χ4n) is 1.67. The topological polar surface area (TPSA) is 70.2 Å². The van der Waals surface area contributed by atoms with Crippen LogP contribution in [-0.4, -0.2) is 24.4 Å². The summed E-state index contributed by atoms with van der Waals surface area (Å²) in [5, 5.41) is 8.77. The molecule has 20 heavy (non-hydrogen) atoms. The first-order valence-electron chi connectivity index (χ1n) is 6.84. The maximum Gasteiger partial charge on any atom is 0.221 e. The minimum absolute atomic E-state index is 0.0316. The monoisotopic (exact) mass is 277 g/mol. The Morgan fingerprint density at radius 2 is 1.80 bits per heavy atom. The molecule has 3 N–H and O–H groups in total. The fourth-order valence-corrected chi connectivity index (χ4v) is 1.67. The van der Waals surface area contributed by atoms with Crippen molar-refractivity contribution in [2.75, 3.05) is 11.9 Å². The number of carbonyl (C=O) groups excluding carboxylic acids is 2. The smallest absolute Gasteiger partial charge is 0.221 e. The van der Waals surface area contributed by atoms with Crippen molar-refractivity contribution in [1.82, 2.24) is 10.6 Å². The van der Waals surface area contributed by atoms with E-state index in [9.17, 15) is 9.59 Å². The van der Waals surface area contributed by atoms with Gasteiger partial charge >= 0.3 is 0 Å². The van der Waals surface area contributed by atoms with Gasteiger partial charge in [0.15, 0.2) is 0 Å². The van der Waals surface area contributed by atoms with Gasteiger partial charge in [0.2, 0.25) is 11.8 Å². The summed E-state index contributed by atoms with van der Waals surface area (Å²) in [5.41, 5.74) is 1.76. The Morgan fingerprint density at radius 1 is 1.15 bits per heavy atom. The first kappa shape index (κ1) is 16.2. The molecule has 0 spiro atoms. The van der Waals surface area contributed by atoms with Crippen LogP contribution in [0.5, 0.6) is 0 Å². The molecule has 0 radical (unpaired) electrons. The Morgan fingerprint density at radius 3 is 2.35 bits per heavy atom. The molecular weight excluding hydrogens is 254 g/mol. The summed E-state index contributed by atoms with van der Waals surface area (Å²) in [6.07, 6.45) is 0.474. The maximum absolute atomic E-state index is 11.6. The third kappa shape index (κ3) is 6.89. The van der Waals surface area contributed by atoms with Gasteiger partial charge in [0.25, 0.3) is 0 Å². The van der Waals surface area contributed by atoms with Crippen molar-refractivity contribution in [3.8, 4) is 0 Å². The van der Waals surface area contributed by atoms with Gasteiger partial charge in [-0.3, -0.25) is 9.59 Å². The van der Waals surface area contributed by atoms with Crippen LogP contribution in [0.4, 0.5) is 5.69 Å². The molecule has 2 amide bonds. The summed E-state index contributed by atoms with van der Waals surface area (Å²) < 4.78 is 0. The van der Waals surface area contributed by atoms with E-state index in [4.69, 9.17) is 0 Å². The molecule has 1 aromatic rings. The van der Waals surface area contributed by atoms with Crippen LogP contribution in [0.3, 0.4) is 0 Å². The van der Waals surface area contributed by atoms with E-state index in [0.717, 1.165) is 11.3 Å². The van der Waals surface area contributed by atoms with Gasteiger partial charge in [-0.25, -0.2) is 0 Å². The van der Waals surface area contributed by atoms with Gasteiger partial charge in [-0.15, -0.1) is 0 Å². The Kier molecular flexibility index (Phi) is 6.73. The zero-order valence-electron chi connectivity index (χ0n) is 12.3. The van der Waals surface area contributed by atoms with Crippen molar-refractivity contribution < 1.29 is 9.59 Å². The number of rotatable bonds is 7. The van der Waals surface area contributed by atoms with Gasteiger partial charge in [0, 0.05) is 38.2 Å². The summed E-state index contributed by atoms with van der Waals surface area (Å²) in [7, 11) is 0. The average molecular weight is 277 g/mol. The second-order valence-corrected chi connectivity index (χ2v) is 5.01. The van der Waals surface area contributed by atoms with E-state index < -0.39 is 0 Å². The summed E-state index contributed by atoms with van der Waals surface area (Å²) in [6, 6.07) is 7.81. The second kappa shape index (κ2) is 8.32. The second-order valence-electron chi connectivity index (χ2n) is 5.01. The highest BCUT2D eigenvalue weighted by Crippen LogP contribution is 2.09. The van der Waals surface area contributed by atoms with E-state index in [2.05, 4.69) is 29.8 Å². The Balaban J connectivity index is 2.30. The molecule has 0 atom stereocenters. The van der Waals surface area contributed by atoms with Crippen molar-refractivity contribution in [1.29, 1.82) is 0 Å². The number of benzene rings is 1. The Hall–Kier alpha value is -1.88. The zero-order valence-corrected chi connectivity index (χ0v) is 12.3. The first-order chi connectivity index (χ1) is 9.47. The van der Waals surface area contributed by atoms with Gasteiger partial charge in [-0.2, -0.15) is 0 Å². The minimum Gasteiger partial charge on any atom is -0.352 e. The highest BCUT2D eigenvalue weighted by molar-refractivity contribution is 5.88. The maximum atomic E-state index is 11.6. The average Bonchev–Trinajstić information content (AvgIpc) is 2.37. The molecule has 0 aliphatic carbocycles. The zero-order chi connectivity index (χ0) is 15.0. The van der Waals surface area contributed by atoms with Crippen LogP contribution in [0.25, 0.3) is 0 Å². The molecule has 0 aromatic heterocycles. The molecule has 0 bridgehead atoms. The molecular formula is C15H23N3O2. The summed E-state index contributed by atoms with van der Waals surface area (Å²) in [6.45, 7) is 6.76. The van der Waals surface area contributed by atoms with Gasteiger partial charge in [-0.1, -0.05) is 26.0 Å². The van der Waals surface area contributed by atoms with Crippen molar-refractivity contribution in [2.24, 2.45) is 0 Å². The number of hydrogen-bond acceptors (Lipinski definition) is 3. The lowest BCUT2D eigenvalue weighted by Crippen LogP contribution is -2.30. The lowest BCUT2D eigenvalue weighted by Gasteiger charge is -2.09. The van der Waals surface area contributed by atoms with Crippen LogP contribution in [-0.2, 0) is 16.1 Å². The molecule has 5 heteroatoms. The van der Waals surface area contributed by atoms with E-state index in [1.807, 2.05) is 24.3 Å². The minimum atomic E-state index is -0.0938. The highest BCUT2D eigenvalue weighted by atomic mass is 16.2. The lowest BCUT2D eigenvalue weighted by atomic mass is 10.2. The van der Waals surface area contributed by atoms with Gasteiger partial charge in [0.1, 0.15) is 0 Å². The largest absolute Gasteiger partial charge is 0.352 e. The van der Waals surface area contributed by atoms with Crippen molar-refractivity contribution in [3.05, 3.63) is 29.8 Å². The lowest BCUT2D eigenvalue weighted by molar-refractivity contribution is -0.121. The van der Waals surface area contributed by atoms with Crippen LogP contribution in [0.2, 0.25) is 0 Å².